The lowest BCUT2D eigenvalue weighted by molar-refractivity contribution is -0.00781. The van der Waals surface area contributed by atoms with E-state index in [1.807, 2.05) is 14.2 Å². The Balaban J connectivity index is 1.83. The molecule has 118 valence electrons. The van der Waals surface area contributed by atoms with Crippen LogP contribution in [0, 0.1) is 11.8 Å². The first-order valence-corrected chi connectivity index (χ1v) is 8.20. The first-order valence-electron chi connectivity index (χ1n) is 8.20. The average molecular weight is 284 g/mol. The van der Waals surface area contributed by atoms with E-state index in [2.05, 4.69) is 17.1 Å². The summed E-state index contributed by atoms with van der Waals surface area (Å²) in [6, 6.07) is 0. The standard InChI is InChI=1S/C16H32N2O2/c1-13-6-9-18(11-15(13)20-3)10-7-14-5-4-8-16(14,12-19)17-2/h13-15,17,19H,4-12H2,1-3H3. The highest BCUT2D eigenvalue weighted by Crippen LogP contribution is 2.37. The lowest BCUT2D eigenvalue weighted by atomic mass is 9.85. The molecule has 0 radical (unpaired) electrons. The second-order valence-corrected chi connectivity index (χ2v) is 6.78. The maximum absolute atomic E-state index is 9.74. The van der Waals surface area contributed by atoms with Crippen molar-refractivity contribution in [3.05, 3.63) is 0 Å². The Morgan fingerprint density at radius 3 is 2.85 bits per heavy atom. The molecule has 2 fully saturated rings. The third-order valence-corrected chi connectivity index (χ3v) is 5.81. The Morgan fingerprint density at radius 1 is 1.40 bits per heavy atom. The molecule has 1 aliphatic carbocycles. The Morgan fingerprint density at radius 2 is 2.20 bits per heavy atom. The summed E-state index contributed by atoms with van der Waals surface area (Å²) in [5.74, 6) is 1.29. The van der Waals surface area contributed by atoms with Crippen molar-refractivity contribution in [1.82, 2.24) is 10.2 Å². The van der Waals surface area contributed by atoms with E-state index >= 15 is 0 Å². The predicted octanol–water partition coefficient (Wildman–Crippen LogP) is 1.48. The van der Waals surface area contributed by atoms with Gasteiger partial charge in [0.25, 0.3) is 0 Å². The van der Waals surface area contributed by atoms with E-state index in [0.29, 0.717) is 17.9 Å². The average Bonchev–Trinajstić information content (AvgIpc) is 2.89. The van der Waals surface area contributed by atoms with Gasteiger partial charge in [-0.05, 0) is 57.7 Å². The monoisotopic (exact) mass is 284 g/mol. The molecule has 0 bridgehead atoms. The topological polar surface area (TPSA) is 44.7 Å². The normalized spacial score (nSPS) is 39.3. The molecule has 0 spiro atoms. The Labute approximate surface area is 123 Å². The maximum Gasteiger partial charge on any atom is 0.0724 e. The van der Waals surface area contributed by atoms with E-state index in [-0.39, 0.29) is 12.1 Å². The number of likely N-dealkylation sites (N-methyl/N-ethyl adjacent to an activating group) is 1. The fourth-order valence-corrected chi connectivity index (χ4v) is 4.13. The minimum Gasteiger partial charge on any atom is -0.394 e. The lowest BCUT2D eigenvalue weighted by Crippen LogP contribution is -2.51. The summed E-state index contributed by atoms with van der Waals surface area (Å²) in [6.07, 6.45) is 6.41. The second kappa shape index (κ2) is 7.21. The van der Waals surface area contributed by atoms with Crippen molar-refractivity contribution in [3.63, 3.8) is 0 Å². The first kappa shape index (κ1) is 16.2. The summed E-state index contributed by atoms with van der Waals surface area (Å²) in [4.78, 5) is 2.55. The van der Waals surface area contributed by atoms with Gasteiger partial charge in [-0.3, -0.25) is 0 Å². The summed E-state index contributed by atoms with van der Waals surface area (Å²) >= 11 is 0. The van der Waals surface area contributed by atoms with Gasteiger partial charge in [0.05, 0.1) is 12.7 Å². The number of methoxy groups -OCH3 is 1. The summed E-state index contributed by atoms with van der Waals surface area (Å²) in [5.41, 5.74) is -0.0241. The van der Waals surface area contributed by atoms with E-state index in [1.165, 1.54) is 32.2 Å². The predicted molar refractivity (Wildman–Crippen MR) is 81.9 cm³/mol. The van der Waals surface area contributed by atoms with Crippen LogP contribution in [-0.2, 0) is 4.74 Å². The van der Waals surface area contributed by atoms with Gasteiger partial charge < -0.3 is 20.1 Å². The highest BCUT2D eigenvalue weighted by molar-refractivity contribution is 4.98. The number of rotatable bonds is 6. The molecule has 4 heteroatoms. The zero-order chi connectivity index (χ0) is 14.6. The van der Waals surface area contributed by atoms with Crippen molar-refractivity contribution in [2.24, 2.45) is 11.8 Å². The van der Waals surface area contributed by atoms with E-state index in [4.69, 9.17) is 4.74 Å². The molecule has 0 aromatic carbocycles. The number of likely N-dealkylation sites (tertiary alicyclic amines) is 1. The van der Waals surface area contributed by atoms with Gasteiger partial charge in [0.1, 0.15) is 0 Å². The van der Waals surface area contributed by atoms with Crippen molar-refractivity contribution in [2.75, 3.05) is 40.4 Å². The fourth-order valence-electron chi connectivity index (χ4n) is 4.13. The van der Waals surface area contributed by atoms with Gasteiger partial charge in [0.2, 0.25) is 0 Å². The Hall–Kier alpha value is -0.160. The molecule has 2 rings (SSSR count). The van der Waals surface area contributed by atoms with Gasteiger partial charge in [-0.1, -0.05) is 13.3 Å². The van der Waals surface area contributed by atoms with Crippen LogP contribution in [0.2, 0.25) is 0 Å². The molecular weight excluding hydrogens is 252 g/mol. The van der Waals surface area contributed by atoms with Crippen LogP contribution in [0.4, 0.5) is 0 Å². The molecule has 4 unspecified atom stereocenters. The first-order chi connectivity index (χ1) is 9.65. The van der Waals surface area contributed by atoms with Gasteiger partial charge in [0.15, 0.2) is 0 Å². The molecule has 20 heavy (non-hydrogen) atoms. The van der Waals surface area contributed by atoms with Crippen LogP contribution in [0.5, 0.6) is 0 Å². The number of ether oxygens (including phenoxy) is 1. The molecule has 4 atom stereocenters. The fraction of sp³-hybridized carbons (Fsp3) is 1.00. The van der Waals surface area contributed by atoms with Crippen molar-refractivity contribution in [2.45, 2.75) is 50.7 Å². The van der Waals surface area contributed by atoms with Gasteiger partial charge in [-0.25, -0.2) is 0 Å². The van der Waals surface area contributed by atoms with Gasteiger partial charge in [-0.2, -0.15) is 0 Å². The number of aliphatic hydroxyl groups excluding tert-OH is 1. The molecular formula is C16H32N2O2. The summed E-state index contributed by atoms with van der Waals surface area (Å²) < 4.78 is 5.59. The van der Waals surface area contributed by atoms with E-state index < -0.39 is 0 Å². The van der Waals surface area contributed by atoms with Crippen LogP contribution in [0.25, 0.3) is 0 Å². The van der Waals surface area contributed by atoms with Gasteiger partial charge in [0, 0.05) is 19.2 Å². The van der Waals surface area contributed by atoms with E-state index in [0.717, 1.165) is 19.5 Å². The minimum absolute atomic E-state index is 0.0241. The number of piperidine rings is 1. The second-order valence-electron chi connectivity index (χ2n) is 6.78. The molecule has 1 heterocycles. The zero-order valence-corrected chi connectivity index (χ0v) is 13.4. The van der Waals surface area contributed by atoms with Crippen LogP contribution in [-0.4, -0.2) is 62.0 Å². The lowest BCUT2D eigenvalue weighted by Gasteiger charge is -2.38. The van der Waals surface area contributed by atoms with Gasteiger partial charge in [-0.15, -0.1) is 0 Å². The quantitative estimate of drug-likeness (QED) is 0.775. The molecule has 1 saturated heterocycles. The molecule has 1 aliphatic heterocycles. The summed E-state index contributed by atoms with van der Waals surface area (Å²) in [5, 5.41) is 13.1. The van der Waals surface area contributed by atoms with Crippen LogP contribution >= 0.6 is 0 Å². The van der Waals surface area contributed by atoms with Crippen LogP contribution < -0.4 is 5.32 Å². The minimum atomic E-state index is -0.0241. The Kier molecular flexibility index (Phi) is 5.84. The van der Waals surface area contributed by atoms with Crippen LogP contribution in [0.1, 0.15) is 39.0 Å². The summed E-state index contributed by atoms with van der Waals surface area (Å²) in [7, 11) is 3.83. The number of aliphatic hydroxyl groups is 1. The molecule has 0 aromatic heterocycles. The third kappa shape index (κ3) is 3.35. The van der Waals surface area contributed by atoms with Crippen molar-refractivity contribution in [3.8, 4) is 0 Å². The number of nitrogens with one attached hydrogen (secondary N) is 1. The number of nitrogens with zero attached hydrogens (tertiary/aromatic N) is 1. The van der Waals surface area contributed by atoms with Crippen molar-refractivity contribution < 1.29 is 9.84 Å². The highest BCUT2D eigenvalue weighted by atomic mass is 16.5. The van der Waals surface area contributed by atoms with Crippen LogP contribution in [0.3, 0.4) is 0 Å². The largest absolute Gasteiger partial charge is 0.394 e. The van der Waals surface area contributed by atoms with Crippen molar-refractivity contribution in [1.29, 1.82) is 0 Å². The zero-order valence-electron chi connectivity index (χ0n) is 13.4. The molecule has 0 aromatic rings. The number of hydrogen-bond donors (Lipinski definition) is 2. The third-order valence-electron chi connectivity index (χ3n) is 5.81. The molecule has 0 amide bonds. The summed E-state index contributed by atoms with van der Waals surface area (Å²) in [6.45, 7) is 5.96. The SMILES string of the molecule is CNC1(CO)CCCC1CCN1CCC(C)C(OC)C1. The van der Waals surface area contributed by atoms with Gasteiger partial charge >= 0.3 is 0 Å². The van der Waals surface area contributed by atoms with Crippen molar-refractivity contribution >= 4 is 0 Å². The molecule has 2 aliphatic rings. The molecule has 4 nitrogen and oxygen atoms in total. The number of hydrogen-bond acceptors (Lipinski definition) is 4. The maximum atomic E-state index is 9.74. The van der Waals surface area contributed by atoms with Crippen LogP contribution in [0.15, 0.2) is 0 Å². The Bertz CT molecular complexity index is 294. The van der Waals surface area contributed by atoms with E-state index in [9.17, 15) is 5.11 Å². The molecule has 2 N–H and O–H groups in total. The smallest absolute Gasteiger partial charge is 0.0724 e. The highest BCUT2D eigenvalue weighted by Gasteiger charge is 2.41. The molecule has 1 saturated carbocycles. The van der Waals surface area contributed by atoms with E-state index in [1.54, 1.807) is 0 Å².